The van der Waals surface area contributed by atoms with Crippen LogP contribution in [0.1, 0.15) is 24.5 Å². The Morgan fingerprint density at radius 3 is 2.31 bits per heavy atom. The number of carbonyl (C=O) groups excluding carboxylic acids is 1. The van der Waals surface area contributed by atoms with Crippen LogP contribution >= 0.6 is 0 Å². The first-order valence-corrected chi connectivity index (χ1v) is 12.9. The molecule has 6 nitrogen and oxygen atoms in total. The van der Waals surface area contributed by atoms with Crippen molar-refractivity contribution >= 4 is 38.1 Å². The number of carbonyl (C=O) groups is 1. The van der Waals surface area contributed by atoms with E-state index >= 15 is 0 Å². The number of hydrogen-bond donors (Lipinski definition) is 2. The van der Waals surface area contributed by atoms with E-state index < -0.39 is 16.1 Å². The molecule has 2 N–H and O–H groups in total. The number of benzene rings is 4. The first kappa shape index (κ1) is 24.3. The zero-order chi connectivity index (χ0) is 25.0. The van der Waals surface area contributed by atoms with Crippen molar-refractivity contribution in [2.75, 3.05) is 10.0 Å². The summed E-state index contributed by atoms with van der Waals surface area (Å²) in [6.07, 6.45) is -0.186. The number of aryl methyl sites for hydroxylation is 2. The molecule has 0 heterocycles. The van der Waals surface area contributed by atoms with Crippen LogP contribution in [0.2, 0.25) is 0 Å². The SMILES string of the molecule is CC[C@H](Oc1ccc(C)c(C)c1)C(=O)Nc1ccc(S(=O)(=O)Nc2cccc3ccccc23)cc1. The summed E-state index contributed by atoms with van der Waals surface area (Å²) in [6.45, 7) is 5.89. The lowest BCUT2D eigenvalue weighted by Crippen LogP contribution is -2.32. The smallest absolute Gasteiger partial charge is 0.265 e. The van der Waals surface area contributed by atoms with E-state index in [1.54, 1.807) is 18.2 Å². The molecule has 0 fully saturated rings. The van der Waals surface area contributed by atoms with Crippen LogP contribution in [0.25, 0.3) is 10.8 Å². The van der Waals surface area contributed by atoms with Gasteiger partial charge in [-0.3, -0.25) is 9.52 Å². The van der Waals surface area contributed by atoms with E-state index in [1.807, 2.05) is 75.4 Å². The van der Waals surface area contributed by atoms with Gasteiger partial charge in [0.05, 0.1) is 10.6 Å². The van der Waals surface area contributed by atoms with Crippen LogP contribution in [0.4, 0.5) is 11.4 Å². The molecular weight excluding hydrogens is 460 g/mol. The molecule has 0 saturated carbocycles. The third-order valence-electron chi connectivity index (χ3n) is 5.89. The van der Waals surface area contributed by atoms with Crippen LogP contribution in [-0.4, -0.2) is 20.4 Å². The average Bonchev–Trinajstić information content (AvgIpc) is 2.85. The molecule has 4 aromatic carbocycles. The fourth-order valence-corrected chi connectivity index (χ4v) is 4.81. The molecule has 0 aliphatic rings. The molecule has 0 aliphatic heterocycles. The first-order valence-electron chi connectivity index (χ1n) is 11.4. The van der Waals surface area contributed by atoms with Crippen LogP contribution in [-0.2, 0) is 14.8 Å². The first-order chi connectivity index (χ1) is 16.8. The van der Waals surface area contributed by atoms with E-state index in [0.717, 1.165) is 21.9 Å². The highest BCUT2D eigenvalue weighted by molar-refractivity contribution is 7.92. The minimum atomic E-state index is -3.81. The monoisotopic (exact) mass is 488 g/mol. The largest absolute Gasteiger partial charge is 0.481 e. The molecule has 0 radical (unpaired) electrons. The molecule has 0 saturated heterocycles. The summed E-state index contributed by atoms with van der Waals surface area (Å²) in [4.78, 5) is 12.9. The Bertz CT molecular complexity index is 1460. The van der Waals surface area contributed by atoms with Crippen LogP contribution in [0.15, 0.2) is 89.8 Å². The lowest BCUT2D eigenvalue weighted by Gasteiger charge is -2.18. The summed E-state index contributed by atoms with van der Waals surface area (Å²) >= 11 is 0. The van der Waals surface area contributed by atoms with Crippen molar-refractivity contribution < 1.29 is 17.9 Å². The lowest BCUT2D eigenvalue weighted by molar-refractivity contribution is -0.122. The van der Waals surface area contributed by atoms with Crippen molar-refractivity contribution in [3.63, 3.8) is 0 Å². The molecule has 180 valence electrons. The van der Waals surface area contributed by atoms with E-state index in [9.17, 15) is 13.2 Å². The number of sulfonamides is 1. The third kappa shape index (κ3) is 5.63. The summed E-state index contributed by atoms with van der Waals surface area (Å²) in [7, 11) is -3.81. The average molecular weight is 489 g/mol. The van der Waals surface area contributed by atoms with Crippen molar-refractivity contribution in [3.8, 4) is 5.75 Å². The summed E-state index contributed by atoms with van der Waals surface area (Å²) < 4.78 is 34.5. The Kier molecular flexibility index (Phi) is 7.07. The highest BCUT2D eigenvalue weighted by Crippen LogP contribution is 2.26. The van der Waals surface area contributed by atoms with Gasteiger partial charge in [0.25, 0.3) is 15.9 Å². The lowest BCUT2D eigenvalue weighted by atomic mass is 10.1. The molecule has 4 rings (SSSR count). The minimum Gasteiger partial charge on any atom is -0.481 e. The minimum absolute atomic E-state index is 0.0989. The van der Waals surface area contributed by atoms with Gasteiger partial charge in [-0.15, -0.1) is 0 Å². The van der Waals surface area contributed by atoms with Gasteiger partial charge >= 0.3 is 0 Å². The van der Waals surface area contributed by atoms with E-state index in [0.29, 0.717) is 23.5 Å². The molecule has 1 atom stereocenters. The summed E-state index contributed by atoms with van der Waals surface area (Å²) in [5.41, 5.74) is 3.24. The second-order valence-electron chi connectivity index (χ2n) is 8.41. The Morgan fingerprint density at radius 2 is 1.60 bits per heavy atom. The maximum absolute atomic E-state index is 13.0. The third-order valence-corrected chi connectivity index (χ3v) is 7.27. The molecule has 7 heteroatoms. The number of nitrogens with one attached hydrogen (secondary N) is 2. The van der Waals surface area contributed by atoms with Crippen molar-refractivity contribution in [1.82, 2.24) is 0 Å². The maximum atomic E-state index is 13.0. The predicted molar refractivity (Wildman–Crippen MR) is 140 cm³/mol. The van der Waals surface area contributed by atoms with Crippen LogP contribution < -0.4 is 14.8 Å². The molecule has 0 aliphatic carbocycles. The van der Waals surface area contributed by atoms with Crippen LogP contribution in [0, 0.1) is 13.8 Å². The Morgan fingerprint density at radius 1 is 0.886 bits per heavy atom. The number of fused-ring (bicyclic) bond motifs is 1. The topological polar surface area (TPSA) is 84.5 Å². The van der Waals surface area contributed by atoms with Gasteiger partial charge < -0.3 is 10.1 Å². The van der Waals surface area contributed by atoms with Crippen LogP contribution in [0.3, 0.4) is 0 Å². The highest BCUT2D eigenvalue weighted by atomic mass is 32.2. The molecule has 0 aromatic heterocycles. The summed E-state index contributed by atoms with van der Waals surface area (Å²) in [6, 6.07) is 24.8. The normalized spacial score (nSPS) is 12.2. The second kappa shape index (κ2) is 10.2. The predicted octanol–water partition coefficient (Wildman–Crippen LogP) is 6.05. The fraction of sp³-hybridized carbons (Fsp3) is 0.179. The Labute approximate surface area is 206 Å². The molecule has 4 aromatic rings. The maximum Gasteiger partial charge on any atom is 0.265 e. The number of rotatable bonds is 8. The van der Waals surface area contributed by atoms with Gasteiger partial charge in [-0.25, -0.2) is 8.42 Å². The molecule has 0 bridgehead atoms. The van der Waals surface area contributed by atoms with Crippen molar-refractivity contribution in [1.29, 1.82) is 0 Å². The van der Waals surface area contributed by atoms with Crippen molar-refractivity contribution in [2.45, 2.75) is 38.2 Å². The Hall–Kier alpha value is -3.84. The van der Waals surface area contributed by atoms with Gasteiger partial charge in [0.2, 0.25) is 0 Å². The number of hydrogen-bond acceptors (Lipinski definition) is 4. The van der Waals surface area contributed by atoms with Crippen molar-refractivity contribution in [2.24, 2.45) is 0 Å². The van der Waals surface area contributed by atoms with Gasteiger partial charge in [0.15, 0.2) is 6.10 Å². The molecule has 0 unspecified atom stereocenters. The number of ether oxygens (including phenoxy) is 1. The van der Waals surface area contributed by atoms with E-state index in [4.69, 9.17) is 4.74 Å². The van der Waals surface area contributed by atoms with Crippen LogP contribution in [0.5, 0.6) is 5.75 Å². The Balaban J connectivity index is 1.45. The molecular formula is C28H28N2O4S. The van der Waals surface area contributed by atoms with Crippen molar-refractivity contribution in [3.05, 3.63) is 96.1 Å². The number of anilines is 2. The van der Waals surface area contributed by atoms with Gasteiger partial charge in [0.1, 0.15) is 5.75 Å². The van der Waals surface area contributed by atoms with Gasteiger partial charge in [-0.1, -0.05) is 49.4 Å². The van der Waals surface area contributed by atoms with E-state index in [1.165, 1.54) is 12.1 Å². The highest BCUT2D eigenvalue weighted by Gasteiger charge is 2.20. The summed E-state index contributed by atoms with van der Waals surface area (Å²) in [5, 5.41) is 4.57. The second-order valence-corrected chi connectivity index (χ2v) is 10.1. The molecule has 0 spiro atoms. The molecule has 1 amide bonds. The zero-order valence-corrected chi connectivity index (χ0v) is 20.7. The van der Waals surface area contributed by atoms with Gasteiger partial charge in [-0.05, 0) is 79.2 Å². The molecule has 35 heavy (non-hydrogen) atoms. The fourth-order valence-electron chi connectivity index (χ4n) is 3.73. The quantitative estimate of drug-likeness (QED) is 0.316. The number of amides is 1. The van der Waals surface area contributed by atoms with E-state index in [2.05, 4.69) is 10.0 Å². The summed E-state index contributed by atoms with van der Waals surface area (Å²) in [5.74, 6) is 0.339. The zero-order valence-electron chi connectivity index (χ0n) is 19.9. The van der Waals surface area contributed by atoms with Gasteiger partial charge in [0, 0.05) is 11.1 Å². The van der Waals surface area contributed by atoms with Gasteiger partial charge in [-0.2, -0.15) is 0 Å². The van der Waals surface area contributed by atoms with E-state index in [-0.39, 0.29) is 10.8 Å². The standard InChI is InChI=1S/C28H28N2O4S/c1-4-27(34-23-15-12-19(2)20(3)18-23)28(31)29-22-13-16-24(17-14-22)35(32,33)30-26-11-7-9-21-8-5-6-10-25(21)26/h5-18,27,30H,4H2,1-3H3,(H,29,31)/t27-/m0/s1.